The largest absolute Gasteiger partial charge is 0.338 e. The average Bonchev–Trinajstić information content (AvgIpc) is 3.03. The lowest BCUT2D eigenvalue weighted by Gasteiger charge is -2.33. The van der Waals surface area contributed by atoms with Crippen LogP contribution in [0, 0.1) is 0 Å². The van der Waals surface area contributed by atoms with E-state index in [0.29, 0.717) is 6.54 Å². The van der Waals surface area contributed by atoms with Crippen LogP contribution in [0.1, 0.15) is 36.3 Å². The summed E-state index contributed by atoms with van der Waals surface area (Å²) in [7, 11) is 3.74. The molecule has 1 atom stereocenters. The van der Waals surface area contributed by atoms with Gasteiger partial charge in [-0.05, 0) is 29.3 Å². The van der Waals surface area contributed by atoms with Gasteiger partial charge in [-0.1, -0.05) is 36.4 Å². The van der Waals surface area contributed by atoms with E-state index >= 15 is 0 Å². The van der Waals surface area contributed by atoms with E-state index in [0.717, 1.165) is 28.0 Å². The first kappa shape index (κ1) is 18.9. The zero-order chi connectivity index (χ0) is 20.5. The molecule has 2 amide bonds. The average molecular weight is 388 g/mol. The molecule has 0 fully saturated rings. The maximum Gasteiger partial charge on any atom is 0.225 e. The highest BCUT2D eigenvalue weighted by Crippen LogP contribution is 2.33. The number of rotatable bonds is 4. The van der Waals surface area contributed by atoms with Crippen LogP contribution >= 0.6 is 0 Å². The number of imidazole rings is 1. The van der Waals surface area contributed by atoms with E-state index < -0.39 is 0 Å². The molecule has 29 heavy (non-hydrogen) atoms. The lowest BCUT2D eigenvalue weighted by atomic mass is 9.93. The second-order valence-electron chi connectivity index (χ2n) is 7.42. The number of carbonyl (C=O) groups is 2. The van der Waals surface area contributed by atoms with Crippen molar-refractivity contribution in [3.8, 4) is 0 Å². The maximum absolute atomic E-state index is 13.0. The van der Waals surface area contributed by atoms with Gasteiger partial charge in [-0.15, -0.1) is 0 Å². The maximum atomic E-state index is 13.0. The van der Waals surface area contributed by atoms with Crippen molar-refractivity contribution in [2.24, 2.45) is 7.05 Å². The highest BCUT2D eigenvalue weighted by molar-refractivity contribution is 5.82. The van der Waals surface area contributed by atoms with Crippen molar-refractivity contribution >= 4 is 28.9 Å². The zero-order valence-corrected chi connectivity index (χ0v) is 16.9. The predicted octanol–water partition coefficient (Wildman–Crippen LogP) is 3.50. The van der Waals surface area contributed by atoms with Gasteiger partial charge in [0.1, 0.15) is 5.82 Å². The number of amides is 2. The van der Waals surface area contributed by atoms with E-state index in [9.17, 15) is 9.59 Å². The van der Waals surface area contributed by atoms with Gasteiger partial charge in [0, 0.05) is 27.2 Å². The number of aryl methyl sites for hydroxylation is 1. The Morgan fingerprint density at radius 3 is 2.59 bits per heavy atom. The topological polar surface area (TPSA) is 58.4 Å². The van der Waals surface area contributed by atoms with Crippen LogP contribution in [0.2, 0.25) is 0 Å². The van der Waals surface area contributed by atoms with E-state index in [1.54, 1.807) is 23.0 Å². The van der Waals surface area contributed by atoms with Crippen molar-refractivity contribution in [2.45, 2.75) is 25.9 Å². The summed E-state index contributed by atoms with van der Waals surface area (Å²) in [5.41, 5.74) is 3.99. The summed E-state index contributed by atoms with van der Waals surface area (Å²) < 4.78 is 2.01. The molecule has 1 unspecified atom stereocenters. The fraction of sp³-hybridized carbons (Fsp3) is 0.261. The van der Waals surface area contributed by atoms with Crippen LogP contribution < -0.4 is 0 Å². The third-order valence-corrected chi connectivity index (χ3v) is 5.52. The van der Waals surface area contributed by atoms with Crippen LogP contribution in [0.5, 0.6) is 0 Å². The van der Waals surface area contributed by atoms with Crippen LogP contribution in [-0.4, -0.2) is 38.2 Å². The van der Waals surface area contributed by atoms with Crippen molar-refractivity contribution in [3.05, 3.63) is 71.7 Å². The van der Waals surface area contributed by atoms with Crippen LogP contribution in [0.3, 0.4) is 0 Å². The molecule has 6 nitrogen and oxygen atoms in total. The molecule has 4 rings (SSSR count). The molecule has 1 aliphatic rings. The van der Waals surface area contributed by atoms with Crippen molar-refractivity contribution in [1.82, 2.24) is 19.4 Å². The molecule has 6 heteroatoms. The minimum Gasteiger partial charge on any atom is -0.338 e. The Morgan fingerprint density at radius 2 is 1.83 bits per heavy atom. The normalized spacial score (nSPS) is 15.4. The van der Waals surface area contributed by atoms with Gasteiger partial charge in [0.15, 0.2) is 0 Å². The first-order valence-electron chi connectivity index (χ1n) is 9.66. The molecule has 0 saturated heterocycles. The number of benzene rings is 2. The Labute approximate surface area is 170 Å². The summed E-state index contributed by atoms with van der Waals surface area (Å²) in [5, 5.41) is 0. The first-order valence-corrected chi connectivity index (χ1v) is 9.66. The smallest absolute Gasteiger partial charge is 0.225 e. The number of fused-ring (bicyclic) bond motifs is 2. The van der Waals surface area contributed by atoms with Gasteiger partial charge in [0.05, 0.1) is 30.0 Å². The molecule has 1 aromatic heterocycles. The summed E-state index contributed by atoms with van der Waals surface area (Å²) in [6.45, 7) is 1.94. The Bertz CT molecular complexity index is 1120. The monoisotopic (exact) mass is 388 g/mol. The quantitative estimate of drug-likeness (QED) is 0.687. The molecule has 1 aliphatic heterocycles. The summed E-state index contributed by atoms with van der Waals surface area (Å²) in [6.07, 6.45) is 3.91. The fourth-order valence-corrected chi connectivity index (χ4v) is 3.87. The molecule has 0 radical (unpaired) electrons. The SMILES string of the molecule is CC(=O)N1C=Cc2ccccc2C1CC(=O)N(C)Cc1nc2ccccc2n1C. The summed E-state index contributed by atoms with van der Waals surface area (Å²) in [6, 6.07) is 15.5. The number of carbonyl (C=O) groups excluding carboxylic acids is 2. The van der Waals surface area contributed by atoms with Gasteiger partial charge in [0.2, 0.25) is 11.8 Å². The number of hydrogen-bond acceptors (Lipinski definition) is 3. The van der Waals surface area contributed by atoms with Crippen LogP contribution in [0.4, 0.5) is 0 Å². The van der Waals surface area contributed by atoms with Gasteiger partial charge in [-0.2, -0.15) is 0 Å². The molecule has 2 aromatic carbocycles. The second-order valence-corrected chi connectivity index (χ2v) is 7.42. The molecule has 0 N–H and O–H groups in total. The first-order chi connectivity index (χ1) is 14.0. The fourth-order valence-electron chi connectivity index (χ4n) is 3.87. The highest BCUT2D eigenvalue weighted by atomic mass is 16.2. The molecule has 0 aliphatic carbocycles. The van der Waals surface area contributed by atoms with E-state index in [2.05, 4.69) is 4.98 Å². The zero-order valence-electron chi connectivity index (χ0n) is 16.9. The second kappa shape index (κ2) is 7.54. The Hall–Kier alpha value is -3.41. The van der Waals surface area contributed by atoms with Crippen LogP contribution in [-0.2, 0) is 23.2 Å². The lowest BCUT2D eigenvalue weighted by Crippen LogP contribution is -2.36. The minimum atomic E-state index is -0.302. The predicted molar refractivity (Wildman–Crippen MR) is 113 cm³/mol. The van der Waals surface area contributed by atoms with Gasteiger partial charge >= 0.3 is 0 Å². The minimum absolute atomic E-state index is 0.0293. The van der Waals surface area contributed by atoms with Crippen LogP contribution in [0.25, 0.3) is 17.1 Å². The van der Waals surface area contributed by atoms with Crippen LogP contribution in [0.15, 0.2) is 54.7 Å². The Balaban J connectivity index is 1.55. The van der Waals surface area contributed by atoms with Gasteiger partial charge in [-0.25, -0.2) is 4.98 Å². The third kappa shape index (κ3) is 3.53. The lowest BCUT2D eigenvalue weighted by molar-refractivity contribution is -0.134. The van der Waals surface area contributed by atoms with Crippen molar-refractivity contribution in [3.63, 3.8) is 0 Å². The summed E-state index contributed by atoms with van der Waals surface area (Å²) in [5.74, 6) is 0.722. The summed E-state index contributed by atoms with van der Waals surface area (Å²) in [4.78, 5) is 33.2. The Morgan fingerprint density at radius 1 is 1.10 bits per heavy atom. The third-order valence-electron chi connectivity index (χ3n) is 5.52. The number of hydrogen-bond donors (Lipinski definition) is 0. The Kier molecular flexibility index (Phi) is 4.92. The molecular weight excluding hydrogens is 364 g/mol. The molecule has 148 valence electrons. The molecule has 0 spiro atoms. The van der Waals surface area contributed by atoms with Crippen molar-refractivity contribution in [1.29, 1.82) is 0 Å². The highest BCUT2D eigenvalue weighted by Gasteiger charge is 2.29. The summed E-state index contributed by atoms with van der Waals surface area (Å²) >= 11 is 0. The molecular formula is C23H24N4O2. The van der Waals surface area contributed by atoms with Gasteiger partial charge in [0.25, 0.3) is 0 Å². The van der Waals surface area contributed by atoms with E-state index in [4.69, 9.17) is 0 Å². The van der Waals surface area contributed by atoms with E-state index in [-0.39, 0.29) is 24.3 Å². The number of nitrogens with zero attached hydrogens (tertiary/aromatic N) is 4. The standard InChI is InChI=1S/C23H24N4O2/c1-16(28)27-13-12-17-8-4-5-9-18(17)21(27)14-23(29)25(2)15-22-24-19-10-6-7-11-20(19)26(22)3/h4-13,21H,14-15H2,1-3H3. The molecule has 0 saturated carbocycles. The van der Waals surface area contributed by atoms with E-state index in [1.165, 1.54) is 6.92 Å². The molecule has 0 bridgehead atoms. The molecule has 3 aromatic rings. The molecule has 2 heterocycles. The van der Waals surface area contributed by atoms with E-state index in [1.807, 2.05) is 66.2 Å². The number of para-hydroxylation sites is 2. The van der Waals surface area contributed by atoms with Gasteiger partial charge in [-0.3, -0.25) is 9.59 Å². The number of aromatic nitrogens is 2. The van der Waals surface area contributed by atoms with Crippen molar-refractivity contribution < 1.29 is 9.59 Å². The van der Waals surface area contributed by atoms with Crippen molar-refractivity contribution in [2.75, 3.05) is 7.05 Å². The van der Waals surface area contributed by atoms with Gasteiger partial charge < -0.3 is 14.4 Å².